The zero-order chi connectivity index (χ0) is 17.2. The Labute approximate surface area is 145 Å². The number of aryl methyl sites for hydroxylation is 1. The van der Waals surface area contributed by atoms with E-state index in [0.29, 0.717) is 12.8 Å². The van der Waals surface area contributed by atoms with Gasteiger partial charge in [-0.25, -0.2) is 0 Å². The van der Waals surface area contributed by atoms with Crippen LogP contribution in [0.25, 0.3) is 0 Å². The van der Waals surface area contributed by atoms with Gasteiger partial charge in [0.2, 0.25) is 5.91 Å². The van der Waals surface area contributed by atoms with Gasteiger partial charge in [-0.3, -0.25) is 15.6 Å². The van der Waals surface area contributed by atoms with Crippen LogP contribution in [0.4, 0.5) is 0 Å². The fourth-order valence-corrected chi connectivity index (χ4v) is 3.50. The van der Waals surface area contributed by atoms with Crippen LogP contribution in [-0.4, -0.2) is 27.2 Å². The SMILES string of the molecule is N=C(N)SCCc1ccc(C[C@@H](CCC(N)=O)SC(=N)N)cc1. The highest BCUT2D eigenvalue weighted by Crippen LogP contribution is 2.21. The van der Waals surface area contributed by atoms with Gasteiger partial charge in [0.1, 0.15) is 0 Å². The van der Waals surface area contributed by atoms with Gasteiger partial charge in [0.25, 0.3) is 0 Å². The minimum atomic E-state index is -0.336. The number of nitrogens with one attached hydrogen (secondary N) is 2. The summed E-state index contributed by atoms with van der Waals surface area (Å²) in [6, 6.07) is 8.21. The van der Waals surface area contributed by atoms with Crippen molar-refractivity contribution in [2.75, 3.05) is 5.75 Å². The number of amidine groups is 2. The van der Waals surface area contributed by atoms with Crippen LogP contribution in [0.5, 0.6) is 0 Å². The maximum absolute atomic E-state index is 10.9. The zero-order valence-electron chi connectivity index (χ0n) is 12.9. The highest BCUT2D eigenvalue weighted by atomic mass is 32.2. The molecule has 1 atom stereocenters. The molecule has 0 saturated heterocycles. The monoisotopic (exact) mass is 353 g/mol. The van der Waals surface area contributed by atoms with Crippen molar-refractivity contribution in [1.29, 1.82) is 10.8 Å². The molecule has 1 amide bonds. The second-order valence-electron chi connectivity index (χ2n) is 5.09. The molecule has 126 valence electrons. The van der Waals surface area contributed by atoms with Crippen LogP contribution < -0.4 is 17.2 Å². The van der Waals surface area contributed by atoms with Gasteiger partial charge in [0.15, 0.2) is 10.3 Å². The third-order valence-corrected chi connectivity index (χ3v) is 4.85. The van der Waals surface area contributed by atoms with Crippen molar-refractivity contribution >= 4 is 39.8 Å². The highest BCUT2D eigenvalue weighted by Gasteiger charge is 2.13. The van der Waals surface area contributed by atoms with Gasteiger partial charge < -0.3 is 17.2 Å². The van der Waals surface area contributed by atoms with E-state index in [1.807, 2.05) is 12.1 Å². The van der Waals surface area contributed by atoms with Gasteiger partial charge in [0.05, 0.1) is 0 Å². The lowest BCUT2D eigenvalue weighted by molar-refractivity contribution is -0.118. The standard InChI is InChI=1S/C15H23N5OS2/c16-13(21)6-5-12(23-15(19)20)9-11-3-1-10(2-4-11)7-8-22-14(17)18/h1-4,12H,5-9H2,(H2,16,21)(H3,17,18)(H3,19,20)/t12-/m1/s1. The fraction of sp³-hybridized carbons (Fsp3) is 0.400. The van der Waals surface area contributed by atoms with E-state index in [0.717, 1.165) is 24.2 Å². The van der Waals surface area contributed by atoms with Crippen LogP contribution in [0.15, 0.2) is 24.3 Å². The Kier molecular flexibility index (Phi) is 8.57. The Hall–Kier alpha value is -1.67. The third kappa shape index (κ3) is 9.14. The largest absolute Gasteiger partial charge is 0.379 e. The first-order valence-corrected chi connectivity index (χ1v) is 9.07. The highest BCUT2D eigenvalue weighted by molar-refractivity contribution is 8.14. The molecule has 0 spiro atoms. The lowest BCUT2D eigenvalue weighted by Crippen LogP contribution is -2.19. The summed E-state index contributed by atoms with van der Waals surface area (Å²) < 4.78 is 0. The molecule has 0 aliphatic heterocycles. The average Bonchev–Trinajstić information content (AvgIpc) is 2.45. The van der Waals surface area contributed by atoms with Crippen molar-refractivity contribution in [2.45, 2.75) is 30.9 Å². The van der Waals surface area contributed by atoms with Crippen LogP contribution in [0, 0.1) is 10.8 Å². The van der Waals surface area contributed by atoms with Crippen molar-refractivity contribution < 1.29 is 4.79 Å². The van der Waals surface area contributed by atoms with E-state index < -0.39 is 0 Å². The smallest absolute Gasteiger partial charge is 0.217 e. The fourth-order valence-electron chi connectivity index (χ4n) is 2.07. The minimum absolute atomic E-state index is 0.0531. The quantitative estimate of drug-likeness (QED) is 0.339. The molecule has 0 radical (unpaired) electrons. The molecule has 0 unspecified atom stereocenters. The molecule has 1 aromatic carbocycles. The summed E-state index contributed by atoms with van der Waals surface area (Å²) in [4.78, 5) is 10.9. The Morgan fingerprint density at radius 3 is 2.17 bits per heavy atom. The predicted molar refractivity (Wildman–Crippen MR) is 99.9 cm³/mol. The van der Waals surface area contributed by atoms with E-state index >= 15 is 0 Å². The molecular formula is C15H23N5OS2. The molecule has 0 aliphatic rings. The number of hydrogen-bond donors (Lipinski definition) is 5. The van der Waals surface area contributed by atoms with Gasteiger partial charge in [-0.05, 0) is 30.4 Å². The molecule has 0 aliphatic carbocycles. The predicted octanol–water partition coefficient (Wildman–Crippen LogP) is 1.66. The van der Waals surface area contributed by atoms with Crippen molar-refractivity contribution in [1.82, 2.24) is 0 Å². The molecule has 0 fully saturated rings. The number of thioether (sulfide) groups is 2. The topological polar surface area (TPSA) is 143 Å². The number of rotatable bonds is 9. The van der Waals surface area contributed by atoms with Gasteiger partial charge in [-0.1, -0.05) is 47.8 Å². The first kappa shape index (κ1) is 19.4. The summed E-state index contributed by atoms with van der Waals surface area (Å²) in [5.41, 5.74) is 18.3. The van der Waals surface area contributed by atoms with Crippen LogP contribution >= 0.6 is 23.5 Å². The summed E-state index contributed by atoms with van der Waals surface area (Å²) in [6.45, 7) is 0. The Bertz CT molecular complexity index is 547. The summed E-state index contributed by atoms with van der Waals surface area (Å²) in [5, 5.41) is 14.9. The van der Waals surface area contributed by atoms with E-state index in [1.54, 1.807) is 0 Å². The lowest BCUT2D eigenvalue weighted by Gasteiger charge is -2.15. The Balaban J connectivity index is 2.56. The number of nitrogens with two attached hydrogens (primary N) is 3. The van der Waals surface area contributed by atoms with E-state index in [2.05, 4.69) is 12.1 Å². The molecule has 0 bridgehead atoms. The van der Waals surface area contributed by atoms with Crippen molar-refractivity contribution in [2.24, 2.45) is 17.2 Å². The molecule has 0 heterocycles. The Morgan fingerprint density at radius 1 is 1.04 bits per heavy atom. The molecule has 1 aromatic rings. The second kappa shape index (κ2) is 10.2. The maximum Gasteiger partial charge on any atom is 0.217 e. The molecule has 23 heavy (non-hydrogen) atoms. The number of hydrogen-bond acceptors (Lipinski definition) is 5. The third-order valence-electron chi connectivity index (χ3n) is 3.14. The Morgan fingerprint density at radius 2 is 1.65 bits per heavy atom. The maximum atomic E-state index is 10.9. The average molecular weight is 354 g/mol. The lowest BCUT2D eigenvalue weighted by atomic mass is 10.0. The zero-order valence-corrected chi connectivity index (χ0v) is 14.5. The molecular weight excluding hydrogens is 330 g/mol. The van der Waals surface area contributed by atoms with Crippen LogP contribution in [-0.2, 0) is 17.6 Å². The molecule has 8 N–H and O–H groups in total. The van der Waals surface area contributed by atoms with E-state index in [4.69, 9.17) is 28.0 Å². The number of primary amides is 1. The number of carbonyl (C=O) groups is 1. The van der Waals surface area contributed by atoms with Crippen molar-refractivity contribution in [3.05, 3.63) is 35.4 Å². The van der Waals surface area contributed by atoms with Crippen LogP contribution in [0.1, 0.15) is 24.0 Å². The van der Waals surface area contributed by atoms with Gasteiger partial charge >= 0.3 is 0 Å². The molecule has 0 aromatic heterocycles. The molecule has 8 heteroatoms. The van der Waals surface area contributed by atoms with Crippen LogP contribution in [0.3, 0.4) is 0 Å². The normalized spacial score (nSPS) is 11.8. The van der Waals surface area contributed by atoms with Crippen molar-refractivity contribution in [3.8, 4) is 0 Å². The molecule has 0 saturated carbocycles. The number of carbonyl (C=O) groups excluding carboxylic acids is 1. The van der Waals surface area contributed by atoms with Gasteiger partial charge in [-0.15, -0.1) is 0 Å². The number of amides is 1. The van der Waals surface area contributed by atoms with Gasteiger partial charge in [0, 0.05) is 17.4 Å². The number of benzene rings is 1. The minimum Gasteiger partial charge on any atom is -0.379 e. The van der Waals surface area contributed by atoms with E-state index in [1.165, 1.54) is 29.1 Å². The first-order chi connectivity index (χ1) is 10.9. The van der Waals surface area contributed by atoms with Crippen LogP contribution in [0.2, 0.25) is 0 Å². The summed E-state index contributed by atoms with van der Waals surface area (Å²) in [7, 11) is 0. The molecule has 6 nitrogen and oxygen atoms in total. The van der Waals surface area contributed by atoms with E-state index in [9.17, 15) is 4.79 Å². The summed E-state index contributed by atoms with van der Waals surface area (Å²) in [5.74, 6) is 0.452. The summed E-state index contributed by atoms with van der Waals surface area (Å²) >= 11 is 2.60. The second-order valence-corrected chi connectivity index (χ2v) is 7.57. The molecule has 1 rings (SSSR count). The van der Waals surface area contributed by atoms with Gasteiger partial charge in [-0.2, -0.15) is 0 Å². The summed E-state index contributed by atoms with van der Waals surface area (Å²) in [6.07, 6.45) is 2.50. The first-order valence-electron chi connectivity index (χ1n) is 7.20. The van der Waals surface area contributed by atoms with Crippen molar-refractivity contribution in [3.63, 3.8) is 0 Å². The van der Waals surface area contributed by atoms with E-state index in [-0.39, 0.29) is 21.5 Å².